The molecule has 9 nitrogen and oxygen atoms in total. The first-order valence-electron chi connectivity index (χ1n) is 11.3. The third-order valence-corrected chi connectivity index (χ3v) is 5.71. The van der Waals surface area contributed by atoms with E-state index in [0.717, 1.165) is 40.9 Å². The van der Waals surface area contributed by atoms with Crippen LogP contribution in [-0.2, 0) is 0 Å². The summed E-state index contributed by atoms with van der Waals surface area (Å²) in [4.78, 5) is 25.4. The van der Waals surface area contributed by atoms with Crippen molar-refractivity contribution >= 4 is 17.2 Å². The van der Waals surface area contributed by atoms with Gasteiger partial charge in [0, 0.05) is 41.7 Å². The van der Waals surface area contributed by atoms with Crippen LogP contribution < -0.4 is 10.6 Å². The number of aliphatic hydroxyl groups is 1. The molecule has 0 aliphatic heterocycles. The summed E-state index contributed by atoms with van der Waals surface area (Å²) in [5.74, 6) is -0.0349. The van der Waals surface area contributed by atoms with Crippen LogP contribution in [0.2, 0.25) is 0 Å². The Morgan fingerprint density at radius 3 is 2.59 bits per heavy atom. The van der Waals surface area contributed by atoms with Crippen LogP contribution in [-0.4, -0.2) is 53.8 Å². The summed E-state index contributed by atoms with van der Waals surface area (Å²) in [5, 5.41) is 21.4. The number of imidazole rings is 1. The average Bonchev–Trinajstić information content (AvgIpc) is 3.52. The molecule has 0 saturated heterocycles. The number of nitrogens with zero attached hydrogens (tertiary/aromatic N) is 5. The van der Waals surface area contributed by atoms with Crippen LogP contribution >= 0.6 is 0 Å². The second-order valence-electron chi connectivity index (χ2n) is 9.39. The van der Waals surface area contributed by atoms with E-state index < -0.39 is 5.60 Å². The number of carbonyl (C=O) groups is 1. The van der Waals surface area contributed by atoms with Gasteiger partial charge < -0.3 is 15.7 Å². The number of aromatic nitrogens is 5. The number of aryl methyl sites for hydroxylation is 1. The molecule has 3 aromatic heterocycles. The first-order valence-corrected chi connectivity index (χ1v) is 11.3. The van der Waals surface area contributed by atoms with Crippen molar-refractivity contribution in [3.63, 3.8) is 0 Å². The SMILES string of the molecule is Cc1cc(-c2cnc3c(NCC(C)(C)O)cc(-c4cncnc4)nn23)ccc1C(=O)NC1CC1. The smallest absolute Gasteiger partial charge is 0.251 e. The van der Waals surface area contributed by atoms with Crippen LogP contribution in [0.3, 0.4) is 0 Å². The molecule has 1 amide bonds. The number of amides is 1. The lowest BCUT2D eigenvalue weighted by molar-refractivity contribution is 0.0940. The van der Waals surface area contributed by atoms with Crippen molar-refractivity contribution < 1.29 is 9.90 Å². The molecule has 0 unspecified atom stereocenters. The number of carbonyl (C=O) groups excluding carboxylic acids is 1. The molecule has 1 aliphatic rings. The summed E-state index contributed by atoms with van der Waals surface area (Å²) in [5.41, 5.74) is 5.15. The molecule has 0 spiro atoms. The predicted octanol–water partition coefficient (Wildman–Crippen LogP) is 3.24. The third-order valence-electron chi connectivity index (χ3n) is 5.71. The highest BCUT2D eigenvalue weighted by molar-refractivity contribution is 5.96. The minimum Gasteiger partial charge on any atom is -0.389 e. The van der Waals surface area contributed by atoms with Gasteiger partial charge in [-0.1, -0.05) is 6.07 Å². The fourth-order valence-electron chi connectivity index (χ4n) is 3.75. The molecule has 4 aromatic rings. The quantitative estimate of drug-likeness (QED) is 0.390. The normalized spacial score (nSPS) is 13.8. The Balaban J connectivity index is 1.57. The number of hydrogen-bond acceptors (Lipinski definition) is 7. The Morgan fingerprint density at radius 2 is 1.91 bits per heavy atom. The highest BCUT2D eigenvalue weighted by Crippen LogP contribution is 2.29. The molecular formula is C25H27N7O2. The zero-order chi connectivity index (χ0) is 23.9. The van der Waals surface area contributed by atoms with Gasteiger partial charge in [0.15, 0.2) is 5.65 Å². The first kappa shape index (κ1) is 22.0. The molecule has 1 aromatic carbocycles. The fourth-order valence-corrected chi connectivity index (χ4v) is 3.75. The van der Waals surface area contributed by atoms with E-state index in [0.29, 0.717) is 29.5 Å². The number of fused-ring (bicyclic) bond motifs is 1. The molecule has 5 rings (SSSR count). The fraction of sp³-hybridized carbons (Fsp3) is 0.320. The molecule has 0 radical (unpaired) electrons. The van der Waals surface area contributed by atoms with Crippen molar-refractivity contribution in [2.75, 3.05) is 11.9 Å². The van der Waals surface area contributed by atoms with E-state index in [9.17, 15) is 9.90 Å². The Labute approximate surface area is 197 Å². The van der Waals surface area contributed by atoms with Crippen molar-refractivity contribution in [3.8, 4) is 22.5 Å². The maximum atomic E-state index is 12.5. The maximum Gasteiger partial charge on any atom is 0.251 e. The van der Waals surface area contributed by atoms with Crippen LogP contribution in [0.1, 0.15) is 42.6 Å². The largest absolute Gasteiger partial charge is 0.389 e. The van der Waals surface area contributed by atoms with E-state index >= 15 is 0 Å². The second kappa shape index (κ2) is 8.49. The highest BCUT2D eigenvalue weighted by atomic mass is 16.3. The van der Waals surface area contributed by atoms with Crippen molar-refractivity contribution in [3.05, 3.63) is 60.3 Å². The summed E-state index contributed by atoms with van der Waals surface area (Å²) in [7, 11) is 0. The van der Waals surface area contributed by atoms with Gasteiger partial charge in [-0.15, -0.1) is 0 Å². The Hall–Kier alpha value is -3.85. The minimum absolute atomic E-state index is 0.0349. The number of hydrogen-bond donors (Lipinski definition) is 3. The Bertz CT molecular complexity index is 1360. The zero-order valence-corrected chi connectivity index (χ0v) is 19.4. The second-order valence-corrected chi connectivity index (χ2v) is 9.39. The van der Waals surface area contributed by atoms with Gasteiger partial charge in [0.2, 0.25) is 0 Å². The van der Waals surface area contributed by atoms with E-state index in [1.807, 2.05) is 31.2 Å². The van der Waals surface area contributed by atoms with Crippen LogP contribution in [0.15, 0.2) is 49.2 Å². The van der Waals surface area contributed by atoms with E-state index in [4.69, 9.17) is 5.10 Å². The number of anilines is 1. The molecule has 1 saturated carbocycles. The van der Waals surface area contributed by atoms with Gasteiger partial charge in [-0.05, 0) is 57.4 Å². The van der Waals surface area contributed by atoms with Crippen LogP contribution in [0.4, 0.5) is 5.69 Å². The van der Waals surface area contributed by atoms with E-state index in [2.05, 4.69) is 25.6 Å². The molecule has 0 bridgehead atoms. The van der Waals surface area contributed by atoms with Gasteiger partial charge in [-0.3, -0.25) is 4.79 Å². The lowest BCUT2D eigenvalue weighted by Gasteiger charge is -2.19. The number of nitrogens with one attached hydrogen (secondary N) is 2. The van der Waals surface area contributed by atoms with Gasteiger partial charge >= 0.3 is 0 Å². The van der Waals surface area contributed by atoms with Crippen LogP contribution in [0.25, 0.3) is 28.2 Å². The standard InChI is InChI=1S/C25H27N7O2/c1-15-8-16(4-7-19(15)24(33)30-18-5-6-18)22-12-28-23-21(29-13-25(2,3)34)9-20(31-32(22)23)17-10-26-14-27-11-17/h4,7-12,14,18,29,34H,5-6,13H2,1-3H3,(H,30,33). The van der Waals surface area contributed by atoms with Gasteiger partial charge in [-0.25, -0.2) is 19.5 Å². The predicted molar refractivity (Wildman–Crippen MR) is 129 cm³/mol. The van der Waals surface area contributed by atoms with E-state index in [1.165, 1.54) is 6.33 Å². The molecule has 3 heterocycles. The molecule has 174 valence electrons. The minimum atomic E-state index is -0.903. The Morgan fingerprint density at radius 1 is 1.15 bits per heavy atom. The lowest BCUT2D eigenvalue weighted by atomic mass is 10.0. The number of benzene rings is 1. The maximum absolute atomic E-state index is 12.5. The van der Waals surface area contributed by atoms with Gasteiger partial charge in [0.1, 0.15) is 6.33 Å². The zero-order valence-electron chi connectivity index (χ0n) is 19.4. The van der Waals surface area contributed by atoms with Gasteiger partial charge in [0.25, 0.3) is 5.91 Å². The van der Waals surface area contributed by atoms with E-state index in [1.54, 1.807) is 37.0 Å². The first-order chi connectivity index (χ1) is 16.3. The molecule has 3 N–H and O–H groups in total. The van der Waals surface area contributed by atoms with Gasteiger partial charge in [0.05, 0.1) is 28.9 Å². The summed E-state index contributed by atoms with van der Waals surface area (Å²) in [6.07, 6.45) is 8.75. The third kappa shape index (κ3) is 4.60. The van der Waals surface area contributed by atoms with Crippen LogP contribution in [0.5, 0.6) is 0 Å². The summed E-state index contributed by atoms with van der Waals surface area (Å²) in [6, 6.07) is 7.94. The van der Waals surface area contributed by atoms with Crippen LogP contribution in [0, 0.1) is 6.92 Å². The molecular weight excluding hydrogens is 430 g/mol. The average molecular weight is 458 g/mol. The van der Waals surface area contributed by atoms with Crippen molar-refractivity contribution in [2.45, 2.75) is 45.3 Å². The molecule has 1 fully saturated rings. The monoisotopic (exact) mass is 457 g/mol. The molecule has 9 heteroatoms. The van der Waals surface area contributed by atoms with Gasteiger partial charge in [-0.2, -0.15) is 5.10 Å². The van der Waals surface area contributed by atoms with Crippen molar-refractivity contribution in [1.82, 2.24) is 29.9 Å². The highest BCUT2D eigenvalue weighted by Gasteiger charge is 2.24. The summed E-state index contributed by atoms with van der Waals surface area (Å²) in [6.45, 7) is 5.75. The van der Waals surface area contributed by atoms with Crippen molar-refractivity contribution in [2.24, 2.45) is 0 Å². The molecule has 0 atom stereocenters. The Kier molecular flexibility index (Phi) is 5.49. The van der Waals surface area contributed by atoms with Crippen molar-refractivity contribution in [1.29, 1.82) is 0 Å². The molecule has 34 heavy (non-hydrogen) atoms. The van der Waals surface area contributed by atoms with E-state index in [-0.39, 0.29) is 5.91 Å². The topological polar surface area (TPSA) is 117 Å². The summed E-state index contributed by atoms with van der Waals surface area (Å²) >= 11 is 0. The molecule has 1 aliphatic carbocycles. The lowest BCUT2D eigenvalue weighted by Crippen LogP contribution is -2.29. The summed E-state index contributed by atoms with van der Waals surface area (Å²) < 4.78 is 1.77. The number of rotatable bonds is 7.